The molecule has 1 atom stereocenters. The fourth-order valence-corrected chi connectivity index (χ4v) is 1.59. The van der Waals surface area contributed by atoms with Crippen LogP contribution in [-0.2, 0) is 11.2 Å². The zero-order chi connectivity index (χ0) is 10.7. The number of rotatable bonds is 5. The van der Waals surface area contributed by atoms with Crippen LogP contribution in [-0.4, -0.2) is 19.3 Å². The van der Waals surface area contributed by atoms with Crippen LogP contribution in [0.15, 0.2) is 18.2 Å². The lowest BCUT2D eigenvalue weighted by Gasteiger charge is -2.09. The third-order valence-electron chi connectivity index (χ3n) is 2.46. The van der Waals surface area contributed by atoms with Crippen LogP contribution in [0, 0.1) is 5.82 Å². The van der Waals surface area contributed by atoms with Crippen LogP contribution in [0.3, 0.4) is 0 Å². The van der Waals surface area contributed by atoms with Crippen LogP contribution in [0.1, 0.15) is 18.9 Å². The molecular formula is C12H15FO2. The fraction of sp³-hybridized carbons (Fsp3) is 0.500. The van der Waals surface area contributed by atoms with Crippen molar-refractivity contribution in [3.63, 3.8) is 0 Å². The Hall–Kier alpha value is -1.09. The quantitative estimate of drug-likeness (QED) is 0.697. The summed E-state index contributed by atoms with van der Waals surface area (Å²) in [6.45, 7) is 3.38. The standard InChI is InChI=1S/C12H15FO2/c1-2-14-12-6-4-10(13)7-9(12)3-5-11-8-15-11/h4,6-7,11H,2-3,5,8H2,1H3. The van der Waals surface area contributed by atoms with Crippen LogP contribution < -0.4 is 4.74 Å². The van der Waals surface area contributed by atoms with E-state index in [0.29, 0.717) is 12.7 Å². The van der Waals surface area contributed by atoms with Gasteiger partial charge in [0.15, 0.2) is 0 Å². The van der Waals surface area contributed by atoms with Gasteiger partial charge in [0.2, 0.25) is 0 Å². The highest BCUT2D eigenvalue weighted by molar-refractivity contribution is 5.34. The topological polar surface area (TPSA) is 21.8 Å². The van der Waals surface area contributed by atoms with Gasteiger partial charge in [0.05, 0.1) is 19.3 Å². The normalized spacial score (nSPS) is 18.9. The first kappa shape index (κ1) is 10.4. The Balaban J connectivity index is 2.05. The zero-order valence-electron chi connectivity index (χ0n) is 8.83. The number of benzene rings is 1. The molecule has 0 radical (unpaired) electrons. The third-order valence-corrected chi connectivity index (χ3v) is 2.46. The Labute approximate surface area is 89.0 Å². The van der Waals surface area contributed by atoms with Gasteiger partial charge in [-0.3, -0.25) is 0 Å². The second-order valence-corrected chi connectivity index (χ2v) is 3.68. The van der Waals surface area contributed by atoms with Gasteiger partial charge in [0.25, 0.3) is 0 Å². The number of aryl methyl sites for hydroxylation is 1. The van der Waals surface area contributed by atoms with E-state index in [1.54, 1.807) is 12.1 Å². The molecule has 0 amide bonds. The van der Waals surface area contributed by atoms with Gasteiger partial charge in [-0.2, -0.15) is 0 Å². The van der Waals surface area contributed by atoms with Gasteiger partial charge < -0.3 is 9.47 Å². The van der Waals surface area contributed by atoms with Gasteiger partial charge in [-0.1, -0.05) is 0 Å². The second kappa shape index (κ2) is 4.62. The monoisotopic (exact) mass is 210 g/mol. The van der Waals surface area contributed by atoms with Gasteiger partial charge in [-0.15, -0.1) is 0 Å². The minimum absolute atomic E-state index is 0.204. The summed E-state index contributed by atoms with van der Waals surface area (Å²) in [4.78, 5) is 0. The molecule has 15 heavy (non-hydrogen) atoms. The maximum Gasteiger partial charge on any atom is 0.123 e. The summed E-state index contributed by atoms with van der Waals surface area (Å²) in [6.07, 6.45) is 2.14. The van der Waals surface area contributed by atoms with E-state index in [-0.39, 0.29) is 5.82 Å². The van der Waals surface area contributed by atoms with Crippen molar-refractivity contribution in [1.82, 2.24) is 0 Å². The Morgan fingerprint density at radius 2 is 2.33 bits per heavy atom. The first-order valence-corrected chi connectivity index (χ1v) is 5.32. The van der Waals surface area contributed by atoms with Crippen LogP contribution >= 0.6 is 0 Å². The molecule has 82 valence electrons. The van der Waals surface area contributed by atoms with Crippen molar-refractivity contribution in [1.29, 1.82) is 0 Å². The Kier molecular flexibility index (Phi) is 3.21. The number of ether oxygens (including phenoxy) is 2. The molecule has 0 bridgehead atoms. The average Bonchev–Trinajstić information content (AvgIpc) is 3.02. The number of epoxide rings is 1. The largest absolute Gasteiger partial charge is 0.494 e. The SMILES string of the molecule is CCOc1ccc(F)cc1CCC1CO1. The fourth-order valence-electron chi connectivity index (χ4n) is 1.59. The number of halogens is 1. The Morgan fingerprint density at radius 1 is 1.53 bits per heavy atom. The highest BCUT2D eigenvalue weighted by Gasteiger charge is 2.22. The third kappa shape index (κ3) is 2.93. The van der Waals surface area contributed by atoms with E-state index < -0.39 is 0 Å². The van der Waals surface area contributed by atoms with Gasteiger partial charge in [-0.25, -0.2) is 4.39 Å². The molecule has 0 N–H and O–H groups in total. The summed E-state index contributed by atoms with van der Waals surface area (Å²) in [7, 11) is 0. The molecule has 1 saturated heterocycles. The lowest BCUT2D eigenvalue weighted by Crippen LogP contribution is -1.99. The smallest absolute Gasteiger partial charge is 0.123 e. The Morgan fingerprint density at radius 3 is 3.00 bits per heavy atom. The molecule has 1 aromatic rings. The van der Waals surface area contributed by atoms with Crippen molar-refractivity contribution >= 4 is 0 Å². The van der Waals surface area contributed by atoms with Crippen molar-refractivity contribution in [3.8, 4) is 5.75 Å². The van der Waals surface area contributed by atoms with Crippen LogP contribution in [0.2, 0.25) is 0 Å². The lowest BCUT2D eigenvalue weighted by molar-refractivity contribution is 0.334. The molecule has 2 rings (SSSR count). The van der Waals surface area contributed by atoms with E-state index in [0.717, 1.165) is 30.8 Å². The van der Waals surface area contributed by atoms with Gasteiger partial charge in [-0.05, 0) is 43.5 Å². The predicted octanol–water partition coefficient (Wildman–Crippen LogP) is 2.56. The van der Waals surface area contributed by atoms with Crippen LogP contribution in [0.5, 0.6) is 5.75 Å². The molecule has 0 aliphatic carbocycles. The first-order chi connectivity index (χ1) is 7.29. The maximum atomic E-state index is 13.0. The Bertz CT molecular complexity index is 334. The molecule has 1 aromatic carbocycles. The highest BCUT2D eigenvalue weighted by atomic mass is 19.1. The van der Waals surface area contributed by atoms with Crippen LogP contribution in [0.4, 0.5) is 4.39 Å². The maximum absolute atomic E-state index is 13.0. The second-order valence-electron chi connectivity index (χ2n) is 3.68. The van der Waals surface area contributed by atoms with Crippen molar-refractivity contribution in [2.24, 2.45) is 0 Å². The molecule has 0 aromatic heterocycles. The molecule has 0 saturated carbocycles. The lowest BCUT2D eigenvalue weighted by atomic mass is 10.1. The molecule has 1 unspecified atom stereocenters. The summed E-state index contributed by atoms with van der Waals surface area (Å²) in [6, 6.07) is 4.68. The average molecular weight is 210 g/mol. The predicted molar refractivity (Wildman–Crippen MR) is 55.6 cm³/mol. The molecule has 1 aliphatic rings. The molecule has 1 fully saturated rings. The molecule has 1 aliphatic heterocycles. The van der Waals surface area contributed by atoms with Crippen molar-refractivity contribution < 1.29 is 13.9 Å². The minimum Gasteiger partial charge on any atom is -0.494 e. The number of hydrogen-bond acceptors (Lipinski definition) is 2. The molecule has 3 heteroatoms. The van der Waals surface area contributed by atoms with Gasteiger partial charge >= 0.3 is 0 Å². The van der Waals surface area contributed by atoms with Gasteiger partial charge in [0, 0.05) is 0 Å². The highest BCUT2D eigenvalue weighted by Crippen LogP contribution is 2.24. The summed E-state index contributed by atoms with van der Waals surface area (Å²) >= 11 is 0. The van der Waals surface area contributed by atoms with E-state index >= 15 is 0 Å². The minimum atomic E-state index is -0.204. The van der Waals surface area contributed by atoms with E-state index in [4.69, 9.17) is 9.47 Å². The molecule has 1 heterocycles. The van der Waals surface area contributed by atoms with Crippen molar-refractivity contribution in [2.45, 2.75) is 25.9 Å². The van der Waals surface area contributed by atoms with E-state index in [1.807, 2.05) is 6.92 Å². The molecular weight excluding hydrogens is 195 g/mol. The summed E-state index contributed by atoms with van der Waals surface area (Å²) in [5.74, 6) is 0.588. The summed E-state index contributed by atoms with van der Waals surface area (Å²) in [5, 5.41) is 0. The van der Waals surface area contributed by atoms with Crippen molar-refractivity contribution in [3.05, 3.63) is 29.6 Å². The number of hydrogen-bond donors (Lipinski definition) is 0. The summed E-state index contributed by atoms with van der Waals surface area (Å²) < 4.78 is 23.6. The molecule has 2 nitrogen and oxygen atoms in total. The van der Waals surface area contributed by atoms with E-state index in [2.05, 4.69) is 0 Å². The van der Waals surface area contributed by atoms with Crippen molar-refractivity contribution in [2.75, 3.05) is 13.2 Å². The summed E-state index contributed by atoms with van der Waals surface area (Å²) in [5.41, 5.74) is 0.937. The van der Waals surface area contributed by atoms with Gasteiger partial charge in [0.1, 0.15) is 11.6 Å². The first-order valence-electron chi connectivity index (χ1n) is 5.32. The van der Waals surface area contributed by atoms with Crippen LogP contribution in [0.25, 0.3) is 0 Å². The van der Waals surface area contributed by atoms with E-state index in [1.165, 1.54) is 6.07 Å². The molecule has 0 spiro atoms. The zero-order valence-corrected chi connectivity index (χ0v) is 8.83. The van der Waals surface area contributed by atoms with E-state index in [9.17, 15) is 4.39 Å².